The maximum atomic E-state index is 13.0. The highest BCUT2D eigenvalue weighted by Crippen LogP contribution is 2.27. The molecule has 1 amide bonds. The number of nitrogens with zero attached hydrogens (tertiary/aromatic N) is 1. The van der Waals surface area contributed by atoms with Crippen molar-refractivity contribution in [2.75, 3.05) is 25.0 Å². The lowest BCUT2D eigenvalue weighted by Crippen LogP contribution is -2.42. The fourth-order valence-electron chi connectivity index (χ4n) is 3.76. The van der Waals surface area contributed by atoms with Gasteiger partial charge in [0.25, 0.3) is 5.91 Å². The Morgan fingerprint density at radius 2 is 1.76 bits per heavy atom. The van der Waals surface area contributed by atoms with Gasteiger partial charge in [-0.3, -0.25) is 4.79 Å². The fourth-order valence-corrected chi connectivity index (χ4v) is 5.44. The van der Waals surface area contributed by atoms with Crippen LogP contribution in [0.5, 0.6) is 5.75 Å². The van der Waals surface area contributed by atoms with Gasteiger partial charge in [0.1, 0.15) is 5.75 Å². The summed E-state index contributed by atoms with van der Waals surface area (Å²) in [6, 6.07) is 13.3. The molecule has 0 aliphatic carbocycles. The van der Waals surface area contributed by atoms with Crippen LogP contribution in [-0.4, -0.2) is 38.3 Å². The van der Waals surface area contributed by atoms with E-state index in [9.17, 15) is 13.2 Å². The van der Waals surface area contributed by atoms with Crippen LogP contribution >= 0.6 is 0 Å². The van der Waals surface area contributed by atoms with E-state index in [0.717, 1.165) is 6.42 Å². The third-order valence-corrected chi connectivity index (χ3v) is 6.84. The Bertz CT molecular complexity index is 947. The number of hydrogen-bond donors (Lipinski definition) is 1. The molecule has 1 heterocycles. The van der Waals surface area contributed by atoms with Crippen LogP contribution in [0, 0.1) is 11.8 Å². The van der Waals surface area contributed by atoms with Gasteiger partial charge in [0.05, 0.1) is 11.5 Å². The first-order chi connectivity index (χ1) is 13.8. The summed E-state index contributed by atoms with van der Waals surface area (Å²) in [5, 5.41) is 2.81. The highest BCUT2D eigenvalue weighted by molar-refractivity contribution is 7.89. The monoisotopic (exact) mass is 416 g/mol. The maximum Gasteiger partial charge on any atom is 0.255 e. The first-order valence-corrected chi connectivity index (χ1v) is 11.4. The summed E-state index contributed by atoms with van der Waals surface area (Å²) in [5.41, 5.74) is 1.01. The number of benzene rings is 2. The zero-order valence-corrected chi connectivity index (χ0v) is 17.9. The molecule has 1 N–H and O–H groups in total. The summed E-state index contributed by atoms with van der Waals surface area (Å²) in [7, 11) is -3.56. The molecule has 156 valence electrons. The van der Waals surface area contributed by atoms with E-state index in [1.807, 2.05) is 13.0 Å². The molecule has 29 heavy (non-hydrogen) atoms. The third-order valence-electron chi connectivity index (χ3n) is 4.99. The van der Waals surface area contributed by atoms with Crippen molar-refractivity contribution >= 4 is 21.6 Å². The van der Waals surface area contributed by atoms with Gasteiger partial charge in [-0.25, -0.2) is 8.42 Å². The Morgan fingerprint density at radius 3 is 2.38 bits per heavy atom. The van der Waals surface area contributed by atoms with Gasteiger partial charge in [-0.05, 0) is 61.6 Å². The quantitative estimate of drug-likeness (QED) is 0.772. The number of ether oxygens (including phenoxy) is 1. The van der Waals surface area contributed by atoms with Crippen LogP contribution < -0.4 is 10.1 Å². The highest BCUT2D eigenvalue weighted by Gasteiger charge is 2.31. The average molecular weight is 417 g/mol. The van der Waals surface area contributed by atoms with E-state index in [2.05, 4.69) is 19.2 Å². The van der Waals surface area contributed by atoms with Crippen LogP contribution in [0.2, 0.25) is 0 Å². The lowest BCUT2D eigenvalue weighted by molar-refractivity contribution is 0.102. The third kappa shape index (κ3) is 5.16. The summed E-state index contributed by atoms with van der Waals surface area (Å²) in [4.78, 5) is 12.7. The number of sulfonamides is 1. The molecule has 3 rings (SSSR count). The Balaban J connectivity index is 1.72. The van der Waals surface area contributed by atoms with E-state index in [0.29, 0.717) is 48.5 Å². The van der Waals surface area contributed by atoms with Crippen molar-refractivity contribution in [3.8, 4) is 5.75 Å². The minimum atomic E-state index is -3.56. The zero-order chi connectivity index (χ0) is 21.0. The molecule has 7 heteroatoms. The molecule has 2 atom stereocenters. The van der Waals surface area contributed by atoms with Gasteiger partial charge in [-0.15, -0.1) is 0 Å². The minimum Gasteiger partial charge on any atom is -0.494 e. The molecule has 1 aliphatic rings. The molecule has 1 fully saturated rings. The standard InChI is InChI=1S/C22H28N2O4S/c1-4-28-20-7-5-6-19(13-20)23-22(25)18-8-10-21(11-9-18)29(26,27)24-14-16(2)12-17(3)15-24/h5-11,13,16-17H,4,12,14-15H2,1-3H3,(H,23,25). The van der Waals surface area contributed by atoms with Crippen LogP contribution in [0.4, 0.5) is 5.69 Å². The molecule has 0 radical (unpaired) electrons. The van der Waals surface area contributed by atoms with Gasteiger partial charge in [0, 0.05) is 30.4 Å². The number of carbonyl (C=O) groups is 1. The second-order valence-electron chi connectivity index (χ2n) is 7.71. The lowest BCUT2D eigenvalue weighted by Gasteiger charge is -2.34. The number of amides is 1. The first kappa shape index (κ1) is 21.3. The van der Waals surface area contributed by atoms with Gasteiger partial charge < -0.3 is 10.1 Å². The minimum absolute atomic E-state index is 0.216. The second kappa shape index (κ2) is 8.97. The van der Waals surface area contributed by atoms with Crippen LogP contribution in [0.3, 0.4) is 0 Å². The summed E-state index contributed by atoms with van der Waals surface area (Å²) in [6.45, 7) is 7.66. The number of piperidine rings is 1. The molecule has 0 saturated carbocycles. The van der Waals surface area contributed by atoms with E-state index in [1.54, 1.807) is 34.6 Å². The summed E-state index contributed by atoms with van der Waals surface area (Å²) >= 11 is 0. The van der Waals surface area contributed by atoms with Gasteiger partial charge in [-0.1, -0.05) is 19.9 Å². The van der Waals surface area contributed by atoms with Crippen molar-refractivity contribution in [1.29, 1.82) is 0 Å². The summed E-state index contributed by atoms with van der Waals surface area (Å²) in [5.74, 6) is 1.05. The van der Waals surface area contributed by atoms with Crippen LogP contribution in [0.15, 0.2) is 53.4 Å². The van der Waals surface area contributed by atoms with Crippen molar-refractivity contribution in [3.05, 3.63) is 54.1 Å². The predicted octanol–water partition coefficient (Wildman–Crippen LogP) is 4.00. The molecular formula is C22H28N2O4S. The SMILES string of the molecule is CCOc1cccc(NC(=O)c2ccc(S(=O)(=O)N3CC(C)CC(C)C3)cc2)c1. The Labute approximate surface area is 172 Å². The molecule has 2 aromatic carbocycles. The van der Waals surface area contributed by atoms with Gasteiger partial charge in [-0.2, -0.15) is 4.31 Å². The van der Waals surface area contributed by atoms with E-state index < -0.39 is 10.0 Å². The topological polar surface area (TPSA) is 75.7 Å². The molecule has 6 nitrogen and oxygen atoms in total. The maximum absolute atomic E-state index is 13.0. The lowest BCUT2D eigenvalue weighted by atomic mass is 9.94. The molecule has 2 unspecified atom stereocenters. The number of rotatable bonds is 6. The van der Waals surface area contributed by atoms with Crippen LogP contribution in [0.1, 0.15) is 37.6 Å². The molecule has 1 aliphatic heterocycles. The molecule has 0 spiro atoms. The normalized spacial score (nSPS) is 20.2. The van der Waals surface area contributed by atoms with Crippen LogP contribution in [0.25, 0.3) is 0 Å². The smallest absolute Gasteiger partial charge is 0.255 e. The molecule has 1 saturated heterocycles. The number of anilines is 1. The molecule has 0 aromatic heterocycles. The summed E-state index contributed by atoms with van der Waals surface area (Å²) in [6.07, 6.45) is 1.04. The zero-order valence-electron chi connectivity index (χ0n) is 17.1. The Hall–Kier alpha value is -2.38. The van der Waals surface area contributed by atoms with Gasteiger partial charge in [0.15, 0.2) is 0 Å². The van der Waals surface area contributed by atoms with E-state index in [4.69, 9.17) is 4.74 Å². The number of carbonyl (C=O) groups excluding carboxylic acids is 1. The molecular weight excluding hydrogens is 388 g/mol. The van der Waals surface area contributed by atoms with Crippen molar-refractivity contribution in [1.82, 2.24) is 4.31 Å². The van der Waals surface area contributed by atoms with E-state index in [1.165, 1.54) is 12.1 Å². The average Bonchev–Trinajstić information content (AvgIpc) is 2.68. The predicted molar refractivity (Wildman–Crippen MR) is 114 cm³/mol. The summed E-state index contributed by atoms with van der Waals surface area (Å²) < 4.78 is 32.9. The Kier molecular flexibility index (Phi) is 6.59. The number of nitrogens with one attached hydrogen (secondary N) is 1. The van der Waals surface area contributed by atoms with E-state index >= 15 is 0 Å². The van der Waals surface area contributed by atoms with Gasteiger partial charge >= 0.3 is 0 Å². The Morgan fingerprint density at radius 1 is 1.10 bits per heavy atom. The van der Waals surface area contributed by atoms with Crippen molar-refractivity contribution < 1.29 is 17.9 Å². The van der Waals surface area contributed by atoms with E-state index in [-0.39, 0.29) is 10.8 Å². The van der Waals surface area contributed by atoms with Crippen molar-refractivity contribution in [2.45, 2.75) is 32.1 Å². The first-order valence-electron chi connectivity index (χ1n) is 9.94. The van der Waals surface area contributed by atoms with Crippen LogP contribution in [-0.2, 0) is 10.0 Å². The fraction of sp³-hybridized carbons (Fsp3) is 0.409. The van der Waals surface area contributed by atoms with Crippen molar-refractivity contribution in [3.63, 3.8) is 0 Å². The second-order valence-corrected chi connectivity index (χ2v) is 9.65. The molecule has 0 bridgehead atoms. The highest BCUT2D eigenvalue weighted by atomic mass is 32.2. The largest absolute Gasteiger partial charge is 0.494 e. The molecule has 2 aromatic rings. The van der Waals surface area contributed by atoms with Gasteiger partial charge in [0.2, 0.25) is 10.0 Å². The number of hydrogen-bond acceptors (Lipinski definition) is 4. The van der Waals surface area contributed by atoms with Crippen molar-refractivity contribution in [2.24, 2.45) is 11.8 Å².